The van der Waals surface area contributed by atoms with Crippen LogP contribution < -0.4 is 10.6 Å². The van der Waals surface area contributed by atoms with Gasteiger partial charge in [0, 0.05) is 23.7 Å². The summed E-state index contributed by atoms with van der Waals surface area (Å²) in [7, 11) is -2.83. The lowest BCUT2D eigenvalue weighted by Crippen LogP contribution is -2.43. The number of sulfone groups is 1. The molecule has 0 spiro atoms. The van der Waals surface area contributed by atoms with Gasteiger partial charge in [0.1, 0.15) is 5.01 Å². The molecule has 1 unspecified atom stereocenters. The second-order valence-electron chi connectivity index (χ2n) is 6.00. The number of nitrogens with one attached hydrogen (secondary N) is 2. The highest BCUT2D eigenvalue weighted by Gasteiger charge is 2.27. The molecule has 0 saturated carbocycles. The summed E-state index contributed by atoms with van der Waals surface area (Å²) in [6, 6.07) is 0.261. The van der Waals surface area contributed by atoms with Gasteiger partial charge in [0.25, 0.3) is 0 Å². The smallest absolute Gasteiger partial charge is 0.191 e. The van der Waals surface area contributed by atoms with Gasteiger partial charge in [-0.2, -0.15) is 0 Å². The van der Waals surface area contributed by atoms with Crippen molar-refractivity contribution in [3.63, 3.8) is 0 Å². The maximum Gasteiger partial charge on any atom is 0.191 e. The fourth-order valence-electron chi connectivity index (χ4n) is 2.32. The first-order chi connectivity index (χ1) is 10.3. The van der Waals surface area contributed by atoms with Crippen molar-refractivity contribution in [3.05, 3.63) is 16.1 Å². The average molecular weight is 472 g/mol. The Hall–Kier alpha value is -0.420. The number of halogens is 1. The van der Waals surface area contributed by atoms with Crippen molar-refractivity contribution in [3.8, 4) is 0 Å². The Balaban J connectivity index is 0.00000264. The van der Waals surface area contributed by atoms with Crippen LogP contribution in [0.4, 0.5) is 0 Å². The topological polar surface area (TPSA) is 83.5 Å². The van der Waals surface area contributed by atoms with Crippen molar-refractivity contribution in [2.24, 2.45) is 10.9 Å². The number of guanidine groups is 1. The van der Waals surface area contributed by atoms with Crippen LogP contribution in [0.5, 0.6) is 0 Å². The third-order valence-corrected chi connectivity index (χ3v) is 6.14. The van der Waals surface area contributed by atoms with Crippen LogP contribution in [0.3, 0.4) is 0 Å². The van der Waals surface area contributed by atoms with Gasteiger partial charge in [-0.05, 0) is 33.1 Å². The molecule has 1 aliphatic heterocycles. The monoisotopic (exact) mass is 472 g/mol. The predicted molar refractivity (Wildman–Crippen MR) is 106 cm³/mol. The lowest BCUT2D eigenvalue weighted by atomic mass is 10.1. The van der Waals surface area contributed by atoms with Gasteiger partial charge in [-0.1, -0.05) is 0 Å². The Morgan fingerprint density at radius 2 is 2.26 bits per heavy atom. The standard InChI is InChI=1S/C14H24N4O2S2.HI/c1-10(2)17-14(16-7-13-18-11(3)8-21-13)15-6-12-4-5-22(19,20)9-12;/h8,10,12H,4-7,9H2,1-3H3,(H2,15,16,17);1H. The molecule has 2 heterocycles. The van der Waals surface area contributed by atoms with E-state index in [0.29, 0.717) is 24.8 Å². The van der Waals surface area contributed by atoms with E-state index in [1.165, 1.54) is 0 Å². The molecule has 2 rings (SSSR count). The SMILES string of the molecule is Cc1csc(CN=C(NCC2CCS(=O)(=O)C2)NC(C)C)n1.I. The van der Waals surface area contributed by atoms with Crippen molar-refractivity contribution >= 4 is 51.1 Å². The van der Waals surface area contributed by atoms with E-state index in [4.69, 9.17) is 0 Å². The van der Waals surface area contributed by atoms with Crippen LogP contribution in [0, 0.1) is 12.8 Å². The molecule has 0 amide bonds. The molecule has 1 aliphatic rings. The van der Waals surface area contributed by atoms with E-state index in [1.54, 1.807) is 11.3 Å². The molecular weight excluding hydrogens is 447 g/mol. The van der Waals surface area contributed by atoms with E-state index in [-0.39, 0.29) is 41.7 Å². The van der Waals surface area contributed by atoms with Gasteiger partial charge < -0.3 is 10.6 Å². The molecule has 0 aliphatic carbocycles. The molecule has 23 heavy (non-hydrogen) atoms. The molecule has 9 heteroatoms. The highest BCUT2D eigenvalue weighted by atomic mass is 127. The number of hydrogen-bond acceptors (Lipinski definition) is 5. The zero-order chi connectivity index (χ0) is 16.2. The minimum atomic E-state index is -2.83. The highest BCUT2D eigenvalue weighted by Crippen LogP contribution is 2.17. The van der Waals surface area contributed by atoms with Crippen LogP contribution in [0.1, 0.15) is 31.0 Å². The van der Waals surface area contributed by atoms with Crippen LogP contribution in [0.2, 0.25) is 0 Å². The van der Waals surface area contributed by atoms with E-state index in [2.05, 4.69) is 20.6 Å². The largest absolute Gasteiger partial charge is 0.356 e. The van der Waals surface area contributed by atoms with Crippen LogP contribution in [0.25, 0.3) is 0 Å². The minimum Gasteiger partial charge on any atom is -0.356 e. The third kappa shape index (κ3) is 7.34. The summed E-state index contributed by atoms with van der Waals surface area (Å²) in [5.74, 6) is 1.47. The Morgan fingerprint density at radius 1 is 1.52 bits per heavy atom. The van der Waals surface area contributed by atoms with Crippen molar-refractivity contribution < 1.29 is 8.42 Å². The Bertz CT molecular complexity index is 628. The van der Waals surface area contributed by atoms with Gasteiger partial charge in [-0.15, -0.1) is 35.3 Å². The van der Waals surface area contributed by atoms with E-state index >= 15 is 0 Å². The summed E-state index contributed by atoms with van der Waals surface area (Å²) in [4.78, 5) is 8.93. The molecule has 6 nitrogen and oxygen atoms in total. The zero-order valence-electron chi connectivity index (χ0n) is 13.7. The average Bonchev–Trinajstić information content (AvgIpc) is 2.98. The van der Waals surface area contributed by atoms with Crippen molar-refractivity contribution in [1.29, 1.82) is 0 Å². The summed E-state index contributed by atoms with van der Waals surface area (Å²) < 4.78 is 23.0. The Morgan fingerprint density at radius 3 is 2.78 bits per heavy atom. The number of aromatic nitrogens is 1. The highest BCUT2D eigenvalue weighted by molar-refractivity contribution is 14.0. The molecular formula is C14H25IN4O2S2. The van der Waals surface area contributed by atoms with Crippen molar-refractivity contribution in [2.45, 2.75) is 39.8 Å². The summed E-state index contributed by atoms with van der Waals surface area (Å²) in [5, 5.41) is 9.52. The van der Waals surface area contributed by atoms with Crippen LogP contribution >= 0.6 is 35.3 Å². The molecule has 1 aromatic rings. The first-order valence-corrected chi connectivity index (χ1v) is 10.2. The summed E-state index contributed by atoms with van der Waals surface area (Å²) >= 11 is 1.60. The molecule has 1 atom stereocenters. The molecule has 132 valence electrons. The van der Waals surface area contributed by atoms with Crippen LogP contribution in [-0.2, 0) is 16.4 Å². The molecule has 0 radical (unpaired) electrons. The van der Waals surface area contributed by atoms with Gasteiger partial charge in [0.2, 0.25) is 0 Å². The lowest BCUT2D eigenvalue weighted by molar-refractivity contribution is 0.562. The third-order valence-electron chi connectivity index (χ3n) is 3.35. The van der Waals surface area contributed by atoms with Gasteiger partial charge in [0.15, 0.2) is 15.8 Å². The summed E-state index contributed by atoms with van der Waals surface area (Å²) in [6.07, 6.45) is 0.732. The van der Waals surface area contributed by atoms with Gasteiger partial charge in [0.05, 0.1) is 18.1 Å². The van der Waals surface area contributed by atoms with Crippen LogP contribution in [0.15, 0.2) is 10.4 Å². The molecule has 1 fully saturated rings. The van der Waals surface area contributed by atoms with Crippen molar-refractivity contribution in [1.82, 2.24) is 15.6 Å². The van der Waals surface area contributed by atoms with Crippen LogP contribution in [-0.4, -0.2) is 43.5 Å². The first-order valence-electron chi connectivity index (χ1n) is 7.50. The molecule has 1 aromatic heterocycles. The maximum atomic E-state index is 11.5. The summed E-state index contributed by atoms with van der Waals surface area (Å²) in [5.41, 5.74) is 1.01. The van der Waals surface area contributed by atoms with Gasteiger partial charge in [-0.3, -0.25) is 0 Å². The van der Waals surface area contributed by atoms with E-state index in [1.807, 2.05) is 26.2 Å². The number of hydrogen-bond donors (Lipinski definition) is 2. The Kier molecular flexibility index (Phi) is 8.22. The summed E-state index contributed by atoms with van der Waals surface area (Å²) in [6.45, 7) is 7.23. The quantitative estimate of drug-likeness (QED) is 0.389. The normalized spacial score (nSPS) is 20.3. The maximum absolute atomic E-state index is 11.5. The van der Waals surface area contributed by atoms with Crippen molar-refractivity contribution in [2.75, 3.05) is 18.1 Å². The fraction of sp³-hybridized carbons (Fsp3) is 0.714. The first kappa shape index (κ1) is 20.6. The number of aryl methyl sites for hydroxylation is 1. The number of aliphatic imine (C=N–C) groups is 1. The zero-order valence-corrected chi connectivity index (χ0v) is 17.7. The second kappa shape index (κ2) is 9.16. The van der Waals surface area contributed by atoms with E-state index < -0.39 is 9.84 Å². The minimum absolute atomic E-state index is 0. The Labute approximate surface area is 159 Å². The van der Waals surface area contributed by atoms with E-state index in [0.717, 1.165) is 17.1 Å². The molecule has 1 saturated heterocycles. The molecule has 0 aromatic carbocycles. The lowest BCUT2D eigenvalue weighted by Gasteiger charge is -2.17. The number of nitrogens with zero attached hydrogens (tertiary/aromatic N) is 2. The van der Waals surface area contributed by atoms with Gasteiger partial charge >= 0.3 is 0 Å². The van der Waals surface area contributed by atoms with E-state index in [9.17, 15) is 8.42 Å². The van der Waals surface area contributed by atoms with Gasteiger partial charge in [-0.25, -0.2) is 18.4 Å². The second-order valence-corrected chi connectivity index (χ2v) is 9.17. The fourth-order valence-corrected chi connectivity index (χ4v) is 4.88. The number of rotatable bonds is 5. The molecule has 2 N–H and O–H groups in total. The predicted octanol–water partition coefficient (Wildman–Crippen LogP) is 1.95. The molecule has 0 bridgehead atoms. The number of thiazole rings is 1.